The fourth-order valence-electron chi connectivity index (χ4n) is 0.617. The lowest BCUT2D eigenvalue weighted by molar-refractivity contribution is -0.183. The minimum atomic E-state index is -0.924. The third kappa shape index (κ3) is 7.08. The summed E-state index contributed by atoms with van der Waals surface area (Å²) in [6, 6.07) is 0. The number of carbonyl (C=O) groups is 1. The topological polar surface area (TPSA) is 76.7 Å². The molecule has 0 heterocycles. The monoisotopic (exact) mass is 203 g/mol. The van der Waals surface area contributed by atoms with Crippen molar-refractivity contribution in [1.82, 2.24) is 5.32 Å². The summed E-state index contributed by atoms with van der Waals surface area (Å²) in [5.74, 6) is -0.325. The predicted octanol–water partition coefficient (Wildman–Crippen LogP) is 0.632. The molecule has 80 valence electrons. The highest BCUT2D eigenvalue weighted by Gasteiger charge is 2.00. The number of allylic oxidation sites excluding steroid dienone is 1. The second-order valence-electron chi connectivity index (χ2n) is 2.70. The third-order valence-corrected chi connectivity index (χ3v) is 1.26. The van der Waals surface area contributed by atoms with Gasteiger partial charge in [-0.15, -0.1) is 0 Å². The first-order valence-electron chi connectivity index (χ1n) is 4.07. The van der Waals surface area contributed by atoms with E-state index in [2.05, 4.69) is 15.3 Å². The van der Waals surface area contributed by atoms with Crippen molar-refractivity contribution in [3.63, 3.8) is 0 Å². The Balaban J connectivity index is 3.77. The van der Waals surface area contributed by atoms with E-state index in [9.17, 15) is 9.32 Å². The van der Waals surface area contributed by atoms with Crippen molar-refractivity contribution in [3.05, 3.63) is 11.9 Å². The zero-order valence-corrected chi connectivity index (χ0v) is 8.21. The van der Waals surface area contributed by atoms with E-state index in [1.807, 2.05) is 0 Å². The van der Waals surface area contributed by atoms with Gasteiger partial charge in [-0.05, 0) is 13.8 Å². The maximum absolute atomic E-state index is 11.2. The summed E-state index contributed by atoms with van der Waals surface area (Å²) in [4.78, 5) is 17.2. The van der Waals surface area contributed by atoms with Gasteiger partial charge in [0.1, 0.15) is 0 Å². The largest absolute Gasteiger partial charge is 0.401 e. The highest BCUT2D eigenvalue weighted by molar-refractivity contribution is 5.80. The Labute approximate surface area is 81.7 Å². The normalized spacial score (nSPS) is 12.5. The number of nitrogens with zero attached hydrogens (tertiary/aromatic N) is 1. The molecule has 0 atom stereocenters. The summed E-state index contributed by atoms with van der Waals surface area (Å²) in [5, 5.41) is 2.79. The molecular weight excluding hydrogens is 189 g/mol. The van der Waals surface area contributed by atoms with Gasteiger partial charge in [-0.3, -0.25) is 9.93 Å². The van der Waals surface area contributed by atoms with Crippen LogP contribution in [0.1, 0.15) is 20.3 Å². The maximum Gasteiger partial charge on any atom is 0.350 e. The van der Waals surface area contributed by atoms with E-state index in [4.69, 9.17) is 5.73 Å². The van der Waals surface area contributed by atoms with Crippen LogP contribution < -0.4 is 11.1 Å². The molecule has 0 unspecified atom stereocenters. The first-order chi connectivity index (χ1) is 6.56. The SMILES string of the molecule is CC(=NCCC(=O)OF)N/C=C(\C)N. The van der Waals surface area contributed by atoms with E-state index in [0.717, 1.165) is 0 Å². The summed E-state index contributed by atoms with van der Waals surface area (Å²) in [7, 11) is 0. The predicted molar refractivity (Wildman–Crippen MR) is 50.9 cm³/mol. The van der Waals surface area contributed by atoms with Gasteiger partial charge in [-0.2, -0.15) is 0 Å². The van der Waals surface area contributed by atoms with Crippen molar-refractivity contribution < 1.29 is 14.3 Å². The highest BCUT2D eigenvalue weighted by Crippen LogP contribution is 1.88. The third-order valence-electron chi connectivity index (χ3n) is 1.26. The molecule has 0 aliphatic carbocycles. The number of nitrogens with one attached hydrogen (secondary N) is 1. The Hall–Kier alpha value is -1.59. The van der Waals surface area contributed by atoms with Crippen LogP contribution in [0.4, 0.5) is 4.53 Å². The summed E-state index contributed by atoms with van der Waals surface area (Å²) in [5.41, 5.74) is 5.97. The minimum absolute atomic E-state index is 0.0825. The van der Waals surface area contributed by atoms with Crippen molar-refractivity contribution in [2.45, 2.75) is 20.3 Å². The minimum Gasteiger partial charge on any atom is -0.401 e. The van der Waals surface area contributed by atoms with Gasteiger partial charge in [0, 0.05) is 16.4 Å². The van der Waals surface area contributed by atoms with Crippen molar-refractivity contribution in [3.8, 4) is 0 Å². The van der Waals surface area contributed by atoms with E-state index in [0.29, 0.717) is 11.5 Å². The molecule has 5 nitrogen and oxygen atoms in total. The van der Waals surface area contributed by atoms with E-state index >= 15 is 0 Å². The summed E-state index contributed by atoms with van der Waals surface area (Å²) in [6.45, 7) is 3.61. The molecule has 0 aromatic carbocycles. The molecule has 14 heavy (non-hydrogen) atoms. The summed E-state index contributed by atoms with van der Waals surface area (Å²) in [6.07, 6.45) is 1.49. The van der Waals surface area contributed by atoms with Crippen LogP contribution >= 0.6 is 0 Å². The summed E-state index contributed by atoms with van der Waals surface area (Å²) < 4.78 is 11.2. The van der Waals surface area contributed by atoms with Crippen LogP contribution in [-0.2, 0) is 9.74 Å². The first-order valence-corrected chi connectivity index (χ1v) is 4.07. The maximum atomic E-state index is 11.2. The molecule has 0 saturated heterocycles. The Morgan fingerprint density at radius 2 is 2.29 bits per heavy atom. The number of nitrogens with two attached hydrogens (primary N) is 1. The Kier molecular flexibility index (Phi) is 6.09. The smallest absolute Gasteiger partial charge is 0.350 e. The molecule has 0 aliphatic rings. The lowest BCUT2D eigenvalue weighted by atomic mass is 10.4. The molecule has 0 aliphatic heterocycles. The molecule has 0 bridgehead atoms. The lowest BCUT2D eigenvalue weighted by Crippen LogP contribution is -2.16. The van der Waals surface area contributed by atoms with E-state index < -0.39 is 5.97 Å². The second-order valence-corrected chi connectivity index (χ2v) is 2.70. The van der Waals surface area contributed by atoms with Gasteiger partial charge in [0.05, 0.1) is 18.8 Å². The number of hydrogen-bond donors (Lipinski definition) is 2. The Morgan fingerprint density at radius 1 is 1.64 bits per heavy atom. The van der Waals surface area contributed by atoms with Gasteiger partial charge in [0.25, 0.3) is 0 Å². The average Bonchev–Trinajstić information content (AvgIpc) is 2.14. The molecule has 0 saturated carbocycles. The molecule has 3 N–H and O–H groups in total. The number of amidine groups is 1. The Bertz CT molecular complexity index is 247. The van der Waals surface area contributed by atoms with Crippen LogP contribution in [0.5, 0.6) is 0 Å². The molecule has 0 aromatic rings. The average molecular weight is 203 g/mol. The fourth-order valence-corrected chi connectivity index (χ4v) is 0.617. The zero-order chi connectivity index (χ0) is 11.0. The van der Waals surface area contributed by atoms with Crippen LogP contribution in [0.25, 0.3) is 0 Å². The molecule has 0 fully saturated rings. The molecule has 0 rings (SSSR count). The van der Waals surface area contributed by atoms with Crippen LogP contribution in [0.15, 0.2) is 16.9 Å². The Morgan fingerprint density at radius 3 is 2.79 bits per heavy atom. The van der Waals surface area contributed by atoms with Crippen molar-refractivity contribution in [2.75, 3.05) is 6.54 Å². The summed E-state index contributed by atoms with van der Waals surface area (Å²) >= 11 is 0. The van der Waals surface area contributed by atoms with E-state index in [1.54, 1.807) is 20.0 Å². The first kappa shape index (κ1) is 12.4. The molecular formula is C8H14FN3O2. The van der Waals surface area contributed by atoms with Crippen LogP contribution in [-0.4, -0.2) is 18.3 Å². The van der Waals surface area contributed by atoms with Gasteiger partial charge < -0.3 is 11.1 Å². The lowest BCUT2D eigenvalue weighted by Gasteiger charge is -1.99. The molecule has 0 spiro atoms. The number of rotatable bonds is 4. The second kappa shape index (κ2) is 6.88. The van der Waals surface area contributed by atoms with Crippen molar-refractivity contribution in [1.29, 1.82) is 0 Å². The van der Waals surface area contributed by atoms with Gasteiger partial charge in [-0.25, -0.2) is 4.79 Å². The zero-order valence-electron chi connectivity index (χ0n) is 8.21. The van der Waals surface area contributed by atoms with Crippen LogP contribution in [0, 0.1) is 0 Å². The standard InChI is InChI=1S/C8H14FN3O2/c1-6(10)5-12-7(2)11-4-3-8(13)14-9/h5H,3-4,10H2,1-2H3,(H,11,12)/b6-5+. The number of halogens is 1. The quantitative estimate of drug-likeness (QED) is 0.519. The number of aliphatic imine (C=N–C) groups is 1. The highest BCUT2D eigenvalue weighted by atomic mass is 19.3. The molecule has 6 heteroatoms. The van der Waals surface area contributed by atoms with E-state index in [1.165, 1.54) is 0 Å². The van der Waals surface area contributed by atoms with Gasteiger partial charge in [-0.1, -0.05) is 0 Å². The van der Waals surface area contributed by atoms with Crippen LogP contribution in [0.2, 0.25) is 0 Å². The van der Waals surface area contributed by atoms with Crippen molar-refractivity contribution >= 4 is 11.8 Å². The number of carbonyl (C=O) groups excluding carboxylic acids is 1. The molecule has 0 radical (unpaired) electrons. The van der Waals surface area contributed by atoms with Crippen molar-refractivity contribution in [2.24, 2.45) is 10.7 Å². The fraction of sp³-hybridized carbons (Fsp3) is 0.500. The molecule has 0 aromatic heterocycles. The molecule has 0 amide bonds. The van der Waals surface area contributed by atoms with Gasteiger partial charge in [0.15, 0.2) is 0 Å². The van der Waals surface area contributed by atoms with Gasteiger partial charge in [0.2, 0.25) is 0 Å². The van der Waals surface area contributed by atoms with E-state index in [-0.39, 0.29) is 13.0 Å². The van der Waals surface area contributed by atoms with Crippen LogP contribution in [0.3, 0.4) is 0 Å². The van der Waals surface area contributed by atoms with Gasteiger partial charge >= 0.3 is 5.97 Å². The number of hydrogen-bond acceptors (Lipinski definition) is 4.